The van der Waals surface area contributed by atoms with E-state index in [-0.39, 0.29) is 6.10 Å². The first kappa shape index (κ1) is 21.9. The molecular weight excluding hydrogens is 270 g/mol. The molecule has 1 atom stereocenters. The average Bonchev–Trinajstić information content (AvgIpc) is 2.47. The fourth-order valence-electron chi connectivity index (χ4n) is 3.12. The lowest BCUT2D eigenvalue weighted by Crippen LogP contribution is -2.28. The van der Waals surface area contributed by atoms with Gasteiger partial charge in [-0.1, -0.05) is 90.4 Å². The number of hydrogen-bond donors (Lipinski definition) is 1. The zero-order valence-corrected chi connectivity index (χ0v) is 15.8. The average molecular weight is 314 g/mol. The second-order valence-corrected chi connectivity index (χ2v) is 7.21. The Kier molecular flexibility index (Phi) is 17.2. The van der Waals surface area contributed by atoms with Crippen LogP contribution in [0.2, 0.25) is 0 Å². The summed E-state index contributed by atoms with van der Waals surface area (Å²) in [5.41, 5.74) is 0. The SMILES string of the molecule is CCCCCCCCCCCCCCCCN(C)CC(C)O. The molecule has 0 amide bonds. The topological polar surface area (TPSA) is 23.5 Å². The van der Waals surface area contributed by atoms with Gasteiger partial charge in [-0.15, -0.1) is 0 Å². The predicted molar refractivity (Wildman–Crippen MR) is 99.5 cm³/mol. The standard InChI is InChI=1S/C20H43NO/c1-4-5-6-7-8-9-10-11-12-13-14-15-16-17-18-21(3)19-20(2)22/h20,22H,4-19H2,1-3H3. The quantitative estimate of drug-likeness (QED) is 0.344. The van der Waals surface area contributed by atoms with Crippen LogP contribution in [0.15, 0.2) is 0 Å². The van der Waals surface area contributed by atoms with Gasteiger partial charge in [-0.25, -0.2) is 0 Å². The molecule has 22 heavy (non-hydrogen) atoms. The molecule has 0 saturated carbocycles. The van der Waals surface area contributed by atoms with Crippen LogP contribution in [0.1, 0.15) is 104 Å². The molecule has 0 spiro atoms. The highest BCUT2D eigenvalue weighted by molar-refractivity contribution is 4.56. The molecule has 1 unspecified atom stereocenters. The molecule has 0 aliphatic rings. The summed E-state index contributed by atoms with van der Waals surface area (Å²) in [5, 5.41) is 9.30. The Labute approximate surface area is 140 Å². The number of likely N-dealkylation sites (N-methyl/N-ethyl adjacent to an activating group) is 1. The largest absolute Gasteiger partial charge is 0.392 e. The van der Waals surface area contributed by atoms with E-state index in [4.69, 9.17) is 0 Å². The van der Waals surface area contributed by atoms with E-state index in [1.807, 2.05) is 6.92 Å². The van der Waals surface area contributed by atoms with Gasteiger partial charge in [0.2, 0.25) is 0 Å². The first-order valence-electron chi connectivity index (χ1n) is 10.0. The van der Waals surface area contributed by atoms with Crippen LogP contribution in [0.5, 0.6) is 0 Å². The molecule has 1 N–H and O–H groups in total. The molecule has 0 rings (SSSR count). The van der Waals surface area contributed by atoms with Gasteiger partial charge in [-0.2, -0.15) is 0 Å². The lowest BCUT2D eigenvalue weighted by Gasteiger charge is -2.17. The molecule has 0 radical (unpaired) electrons. The van der Waals surface area contributed by atoms with E-state index in [1.54, 1.807) is 0 Å². The van der Waals surface area contributed by atoms with Gasteiger partial charge in [0.25, 0.3) is 0 Å². The zero-order chi connectivity index (χ0) is 16.5. The number of aliphatic hydroxyl groups excluding tert-OH is 1. The lowest BCUT2D eigenvalue weighted by molar-refractivity contribution is 0.140. The molecule has 0 aliphatic heterocycles. The molecule has 0 fully saturated rings. The van der Waals surface area contributed by atoms with Crippen LogP contribution < -0.4 is 0 Å². The van der Waals surface area contributed by atoms with Crippen molar-refractivity contribution in [1.82, 2.24) is 4.90 Å². The van der Waals surface area contributed by atoms with Crippen LogP contribution in [-0.2, 0) is 0 Å². The normalized spacial score (nSPS) is 13.0. The van der Waals surface area contributed by atoms with Gasteiger partial charge < -0.3 is 10.0 Å². The van der Waals surface area contributed by atoms with Gasteiger partial charge in [0.15, 0.2) is 0 Å². The summed E-state index contributed by atoms with van der Waals surface area (Å²) < 4.78 is 0. The maximum absolute atomic E-state index is 9.30. The molecule has 0 saturated heterocycles. The molecule has 0 aromatic carbocycles. The third-order valence-corrected chi connectivity index (χ3v) is 4.47. The second kappa shape index (κ2) is 17.3. The summed E-state index contributed by atoms with van der Waals surface area (Å²) in [4.78, 5) is 2.24. The molecule has 0 heterocycles. The summed E-state index contributed by atoms with van der Waals surface area (Å²) in [7, 11) is 2.11. The highest BCUT2D eigenvalue weighted by atomic mass is 16.3. The Hall–Kier alpha value is -0.0800. The fourth-order valence-corrected chi connectivity index (χ4v) is 3.12. The van der Waals surface area contributed by atoms with Crippen LogP contribution in [0, 0.1) is 0 Å². The highest BCUT2D eigenvalue weighted by Gasteiger charge is 2.01. The zero-order valence-electron chi connectivity index (χ0n) is 15.8. The predicted octanol–water partition coefficient (Wildman–Crippen LogP) is 5.78. The lowest BCUT2D eigenvalue weighted by atomic mass is 10.0. The molecule has 2 nitrogen and oxygen atoms in total. The highest BCUT2D eigenvalue weighted by Crippen LogP contribution is 2.13. The van der Waals surface area contributed by atoms with E-state index in [0.29, 0.717) is 0 Å². The number of nitrogens with zero attached hydrogens (tertiary/aromatic N) is 1. The van der Waals surface area contributed by atoms with Crippen LogP contribution >= 0.6 is 0 Å². The van der Waals surface area contributed by atoms with Gasteiger partial charge in [0.05, 0.1) is 6.10 Å². The first-order valence-corrected chi connectivity index (χ1v) is 10.0. The Morgan fingerprint density at radius 2 is 1.05 bits per heavy atom. The molecule has 0 aromatic heterocycles. The van der Waals surface area contributed by atoms with Gasteiger partial charge in [0, 0.05) is 6.54 Å². The number of unbranched alkanes of at least 4 members (excludes halogenated alkanes) is 13. The van der Waals surface area contributed by atoms with Crippen molar-refractivity contribution in [3.63, 3.8) is 0 Å². The van der Waals surface area contributed by atoms with Crippen molar-refractivity contribution in [2.45, 2.75) is 110 Å². The van der Waals surface area contributed by atoms with Crippen molar-refractivity contribution in [3.8, 4) is 0 Å². The van der Waals surface area contributed by atoms with E-state index in [1.165, 1.54) is 89.9 Å². The van der Waals surface area contributed by atoms with E-state index in [2.05, 4.69) is 18.9 Å². The van der Waals surface area contributed by atoms with Gasteiger partial charge in [-0.3, -0.25) is 0 Å². The summed E-state index contributed by atoms with van der Waals surface area (Å²) in [6.45, 7) is 6.08. The minimum atomic E-state index is -0.198. The molecule has 2 heteroatoms. The Morgan fingerprint density at radius 3 is 1.41 bits per heavy atom. The fraction of sp³-hybridized carbons (Fsp3) is 1.00. The van der Waals surface area contributed by atoms with Crippen molar-refractivity contribution in [2.24, 2.45) is 0 Å². The maximum atomic E-state index is 9.30. The van der Waals surface area contributed by atoms with Crippen molar-refractivity contribution in [1.29, 1.82) is 0 Å². The smallest absolute Gasteiger partial charge is 0.0638 e. The van der Waals surface area contributed by atoms with E-state index in [9.17, 15) is 5.11 Å². The second-order valence-electron chi connectivity index (χ2n) is 7.21. The number of rotatable bonds is 17. The molecule has 0 aromatic rings. The first-order chi connectivity index (χ1) is 10.7. The van der Waals surface area contributed by atoms with E-state index < -0.39 is 0 Å². The Morgan fingerprint density at radius 1 is 0.682 bits per heavy atom. The van der Waals surface area contributed by atoms with Crippen LogP contribution in [0.25, 0.3) is 0 Å². The Balaban J connectivity index is 3.05. The van der Waals surface area contributed by atoms with Gasteiger partial charge >= 0.3 is 0 Å². The molecule has 0 aliphatic carbocycles. The van der Waals surface area contributed by atoms with Gasteiger partial charge in [-0.05, 0) is 26.9 Å². The van der Waals surface area contributed by atoms with Crippen LogP contribution in [0.4, 0.5) is 0 Å². The van der Waals surface area contributed by atoms with E-state index in [0.717, 1.165) is 13.1 Å². The summed E-state index contributed by atoms with van der Waals surface area (Å²) in [6, 6.07) is 0. The number of aliphatic hydroxyl groups is 1. The minimum absolute atomic E-state index is 0.198. The summed E-state index contributed by atoms with van der Waals surface area (Å²) in [5.74, 6) is 0. The maximum Gasteiger partial charge on any atom is 0.0638 e. The molecule has 0 bridgehead atoms. The van der Waals surface area contributed by atoms with Crippen molar-refractivity contribution in [2.75, 3.05) is 20.1 Å². The number of hydrogen-bond acceptors (Lipinski definition) is 2. The summed E-state index contributed by atoms with van der Waals surface area (Å²) in [6.07, 6.45) is 19.6. The van der Waals surface area contributed by atoms with Gasteiger partial charge in [0.1, 0.15) is 0 Å². The van der Waals surface area contributed by atoms with Crippen molar-refractivity contribution in [3.05, 3.63) is 0 Å². The van der Waals surface area contributed by atoms with Crippen molar-refractivity contribution < 1.29 is 5.11 Å². The monoisotopic (exact) mass is 313 g/mol. The van der Waals surface area contributed by atoms with Crippen molar-refractivity contribution >= 4 is 0 Å². The third-order valence-electron chi connectivity index (χ3n) is 4.47. The van der Waals surface area contributed by atoms with E-state index >= 15 is 0 Å². The van der Waals surface area contributed by atoms with Crippen LogP contribution in [-0.4, -0.2) is 36.2 Å². The Bertz CT molecular complexity index is 206. The third kappa shape index (κ3) is 18.0. The molecular formula is C20H43NO. The minimum Gasteiger partial charge on any atom is -0.392 e. The summed E-state index contributed by atoms with van der Waals surface area (Å²) >= 11 is 0. The molecule has 134 valence electrons. The van der Waals surface area contributed by atoms with Crippen LogP contribution in [0.3, 0.4) is 0 Å².